The first-order valence-electron chi connectivity index (χ1n) is 10.1. The first-order valence-corrected chi connectivity index (χ1v) is 10.1. The summed E-state index contributed by atoms with van der Waals surface area (Å²) in [6.07, 6.45) is 5.57. The number of piperidine rings is 1. The third-order valence-corrected chi connectivity index (χ3v) is 5.43. The van der Waals surface area contributed by atoms with Crippen LogP contribution in [0.15, 0.2) is 36.5 Å². The highest BCUT2D eigenvalue weighted by molar-refractivity contribution is 5.89. The van der Waals surface area contributed by atoms with Crippen molar-refractivity contribution in [2.24, 2.45) is 0 Å². The lowest BCUT2D eigenvalue weighted by molar-refractivity contribution is 0.208. The Bertz CT molecular complexity index is 812. The number of carbonyl (C=O) groups excluding carboxylic acids is 1. The summed E-state index contributed by atoms with van der Waals surface area (Å²) >= 11 is 0. The molecule has 148 valence electrons. The third kappa shape index (κ3) is 4.35. The summed E-state index contributed by atoms with van der Waals surface area (Å²) in [4.78, 5) is 28.2. The second-order valence-corrected chi connectivity index (χ2v) is 7.54. The maximum Gasteiger partial charge on any atom is 0.321 e. The Hall–Kier alpha value is -2.83. The zero-order chi connectivity index (χ0) is 19.3. The van der Waals surface area contributed by atoms with Gasteiger partial charge in [-0.15, -0.1) is 0 Å². The van der Waals surface area contributed by atoms with E-state index in [-0.39, 0.29) is 6.03 Å². The quantitative estimate of drug-likeness (QED) is 0.886. The number of hydrogen-bond acceptors (Lipinski definition) is 5. The predicted molar refractivity (Wildman–Crippen MR) is 112 cm³/mol. The summed E-state index contributed by atoms with van der Waals surface area (Å²) in [6.45, 7) is 7.01. The Morgan fingerprint density at radius 1 is 0.964 bits per heavy atom. The van der Waals surface area contributed by atoms with Crippen LogP contribution >= 0.6 is 0 Å². The molecule has 2 aliphatic rings. The smallest absolute Gasteiger partial charge is 0.321 e. The summed E-state index contributed by atoms with van der Waals surface area (Å²) < 4.78 is 0. The van der Waals surface area contributed by atoms with E-state index < -0.39 is 0 Å². The topological polar surface area (TPSA) is 64.6 Å². The number of anilines is 3. The van der Waals surface area contributed by atoms with Crippen LogP contribution in [0, 0.1) is 6.92 Å². The molecule has 2 aromatic rings. The van der Waals surface area contributed by atoms with E-state index in [1.807, 2.05) is 48.4 Å². The molecule has 2 fully saturated rings. The minimum Gasteiger partial charge on any atom is -0.353 e. The fourth-order valence-electron chi connectivity index (χ4n) is 3.83. The van der Waals surface area contributed by atoms with Crippen LogP contribution in [-0.4, -0.2) is 60.2 Å². The molecule has 1 aromatic carbocycles. The van der Waals surface area contributed by atoms with Gasteiger partial charge in [-0.2, -0.15) is 4.98 Å². The molecule has 0 saturated carbocycles. The van der Waals surface area contributed by atoms with Gasteiger partial charge < -0.3 is 20.0 Å². The maximum absolute atomic E-state index is 12.5. The minimum absolute atomic E-state index is 0.0399. The van der Waals surface area contributed by atoms with E-state index in [9.17, 15) is 4.79 Å². The number of urea groups is 1. The lowest BCUT2D eigenvalue weighted by Gasteiger charge is -2.35. The van der Waals surface area contributed by atoms with Gasteiger partial charge in [-0.3, -0.25) is 0 Å². The fraction of sp³-hybridized carbons (Fsp3) is 0.476. The second kappa shape index (κ2) is 8.46. The Labute approximate surface area is 166 Å². The van der Waals surface area contributed by atoms with Crippen molar-refractivity contribution in [3.05, 3.63) is 42.1 Å². The minimum atomic E-state index is -0.0399. The van der Waals surface area contributed by atoms with E-state index in [2.05, 4.69) is 20.1 Å². The zero-order valence-electron chi connectivity index (χ0n) is 16.5. The van der Waals surface area contributed by atoms with Gasteiger partial charge in [0, 0.05) is 51.2 Å². The highest BCUT2D eigenvalue weighted by Gasteiger charge is 2.23. The lowest BCUT2D eigenvalue weighted by Crippen LogP contribution is -2.50. The normalized spacial score (nSPS) is 17.5. The predicted octanol–water partition coefficient (Wildman–Crippen LogP) is 3.13. The first kappa shape index (κ1) is 18.5. The van der Waals surface area contributed by atoms with Crippen molar-refractivity contribution in [3.8, 4) is 0 Å². The number of rotatable bonds is 3. The Balaban J connectivity index is 1.34. The summed E-state index contributed by atoms with van der Waals surface area (Å²) in [7, 11) is 0. The third-order valence-electron chi connectivity index (χ3n) is 5.43. The summed E-state index contributed by atoms with van der Waals surface area (Å²) in [6, 6.07) is 9.81. The van der Waals surface area contributed by atoms with Crippen LogP contribution in [0.5, 0.6) is 0 Å². The van der Waals surface area contributed by atoms with Crippen molar-refractivity contribution in [1.29, 1.82) is 0 Å². The van der Waals surface area contributed by atoms with Crippen molar-refractivity contribution < 1.29 is 4.79 Å². The monoisotopic (exact) mass is 380 g/mol. The van der Waals surface area contributed by atoms with E-state index >= 15 is 0 Å². The first-order chi connectivity index (χ1) is 13.7. The number of nitrogens with one attached hydrogen (secondary N) is 1. The van der Waals surface area contributed by atoms with Crippen molar-refractivity contribution in [2.45, 2.75) is 26.2 Å². The van der Waals surface area contributed by atoms with Crippen LogP contribution in [0.25, 0.3) is 0 Å². The van der Waals surface area contributed by atoms with Gasteiger partial charge in [0.05, 0.1) is 0 Å². The number of carbonyl (C=O) groups is 1. The van der Waals surface area contributed by atoms with E-state index in [4.69, 9.17) is 4.98 Å². The molecular formula is C21H28N6O. The largest absolute Gasteiger partial charge is 0.353 e. The Kier molecular flexibility index (Phi) is 5.60. The van der Waals surface area contributed by atoms with Crippen LogP contribution in [0.4, 0.5) is 22.2 Å². The molecule has 1 N–H and O–H groups in total. The molecule has 4 rings (SSSR count). The molecule has 0 unspecified atom stereocenters. The maximum atomic E-state index is 12.5. The summed E-state index contributed by atoms with van der Waals surface area (Å²) in [5.41, 5.74) is 1.98. The standard InChI is InChI=1S/C21H28N6O/c1-17-6-5-7-18(16-17)23-21(28)27-14-12-25(13-15-27)19-8-9-22-20(24-19)26-10-3-2-4-11-26/h5-9,16H,2-4,10-15H2,1H3,(H,23,28). The van der Waals surface area contributed by atoms with Crippen molar-refractivity contribution in [1.82, 2.24) is 14.9 Å². The Morgan fingerprint density at radius 2 is 1.75 bits per heavy atom. The van der Waals surface area contributed by atoms with Gasteiger partial charge in [-0.05, 0) is 49.9 Å². The number of amides is 2. The molecule has 7 heteroatoms. The van der Waals surface area contributed by atoms with Crippen molar-refractivity contribution >= 4 is 23.5 Å². The SMILES string of the molecule is Cc1cccc(NC(=O)N2CCN(c3ccnc(N4CCCCC4)n3)CC2)c1. The average Bonchev–Trinajstić information content (AvgIpc) is 2.75. The molecule has 0 aliphatic carbocycles. The summed E-state index contributed by atoms with van der Waals surface area (Å²) in [5.74, 6) is 1.78. The fourth-order valence-corrected chi connectivity index (χ4v) is 3.83. The average molecular weight is 380 g/mol. The molecule has 2 saturated heterocycles. The zero-order valence-corrected chi connectivity index (χ0v) is 16.5. The number of piperazine rings is 1. The van der Waals surface area contributed by atoms with Crippen LogP contribution < -0.4 is 15.1 Å². The molecule has 0 spiro atoms. The van der Waals surface area contributed by atoms with Crippen LogP contribution in [0.3, 0.4) is 0 Å². The number of aryl methyl sites for hydroxylation is 1. The second-order valence-electron chi connectivity index (χ2n) is 7.54. The van der Waals surface area contributed by atoms with Gasteiger partial charge in [0.15, 0.2) is 0 Å². The van der Waals surface area contributed by atoms with E-state index in [0.717, 1.165) is 49.2 Å². The van der Waals surface area contributed by atoms with Gasteiger partial charge >= 0.3 is 6.03 Å². The van der Waals surface area contributed by atoms with Gasteiger partial charge in [0.2, 0.25) is 5.95 Å². The number of hydrogen-bond donors (Lipinski definition) is 1. The molecule has 2 amide bonds. The lowest BCUT2D eigenvalue weighted by atomic mass is 10.1. The van der Waals surface area contributed by atoms with Gasteiger partial charge in [-0.25, -0.2) is 9.78 Å². The molecule has 28 heavy (non-hydrogen) atoms. The van der Waals surface area contributed by atoms with Gasteiger partial charge in [0.1, 0.15) is 5.82 Å². The molecular weight excluding hydrogens is 352 g/mol. The molecule has 7 nitrogen and oxygen atoms in total. The highest BCUT2D eigenvalue weighted by atomic mass is 16.2. The molecule has 0 radical (unpaired) electrons. The van der Waals surface area contributed by atoms with Crippen molar-refractivity contribution in [3.63, 3.8) is 0 Å². The number of nitrogens with zero attached hydrogens (tertiary/aromatic N) is 5. The molecule has 2 aliphatic heterocycles. The van der Waals surface area contributed by atoms with Crippen molar-refractivity contribution in [2.75, 3.05) is 54.4 Å². The van der Waals surface area contributed by atoms with Gasteiger partial charge in [0.25, 0.3) is 0 Å². The Morgan fingerprint density at radius 3 is 2.50 bits per heavy atom. The molecule has 1 aromatic heterocycles. The van der Waals surface area contributed by atoms with Crippen LogP contribution in [0.1, 0.15) is 24.8 Å². The summed E-state index contributed by atoms with van der Waals surface area (Å²) in [5, 5.41) is 3.00. The highest BCUT2D eigenvalue weighted by Crippen LogP contribution is 2.20. The van der Waals surface area contributed by atoms with E-state index in [0.29, 0.717) is 13.1 Å². The molecule has 0 bridgehead atoms. The van der Waals surface area contributed by atoms with E-state index in [1.54, 1.807) is 0 Å². The van der Waals surface area contributed by atoms with Crippen LogP contribution in [-0.2, 0) is 0 Å². The van der Waals surface area contributed by atoms with E-state index in [1.165, 1.54) is 19.3 Å². The molecule has 0 atom stereocenters. The van der Waals surface area contributed by atoms with Gasteiger partial charge in [-0.1, -0.05) is 12.1 Å². The number of benzene rings is 1. The van der Waals surface area contributed by atoms with Crippen LogP contribution in [0.2, 0.25) is 0 Å². The number of aromatic nitrogens is 2. The molecule has 3 heterocycles.